The molecule has 1 N–H and O–H groups in total. The van der Waals surface area contributed by atoms with Gasteiger partial charge in [0, 0.05) is 28.5 Å². The average molecular weight is 383 g/mol. The molecule has 0 spiro atoms. The number of hydrogen-bond acceptors (Lipinski definition) is 4. The van der Waals surface area contributed by atoms with Gasteiger partial charge < -0.3 is 4.40 Å². The number of pyridine rings is 1. The summed E-state index contributed by atoms with van der Waals surface area (Å²) in [5, 5.41) is 0. The summed E-state index contributed by atoms with van der Waals surface area (Å²) in [6.45, 7) is 2.01. The molecule has 0 aliphatic rings. The molecule has 0 unspecified atom stereocenters. The standard InChI is InChI=1S/C19H17N3O2S2/c1-2-16-9-10-19(25-16)26(23,24)21-15-7-5-6-14(12-15)17-13-22-11-4-3-8-18(22)20-17/h3-13,21H,2H2,1H3. The van der Waals surface area contributed by atoms with Crippen molar-refractivity contribution < 1.29 is 8.42 Å². The number of benzene rings is 1. The molecule has 3 heterocycles. The van der Waals surface area contributed by atoms with Gasteiger partial charge in [0.2, 0.25) is 0 Å². The highest BCUT2D eigenvalue weighted by Gasteiger charge is 2.17. The fourth-order valence-corrected chi connectivity index (χ4v) is 5.06. The Morgan fingerprint density at radius 3 is 2.77 bits per heavy atom. The highest BCUT2D eigenvalue weighted by atomic mass is 32.2. The molecule has 0 aliphatic heterocycles. The van der Waals surface area contributed by atoms with Crippen molar-refractivity contribution in [3.63, 3.8) is 0 Å². The zero-order chi connectivity index (χ0) is 18.1. The van der Waals surface area contributed by atoms with Crippen LogP contribution in [0.25, 0.3) is 16.9 Å². The van der Waals surface area contributed by atoms with Crippen molar-refractivity contribution in [1.29, 1.82) is 0 Å². The molecule has 7 heteroatoms. The Morgan fingerprint density at radius 1 is 1.12 bits per heavy atom. The minimum absolute atomic E-state index is 0.326. The number of imidazole rings is 1. The first kappa shape index (κ1) is 16.8. The number of rotatable bonds is 5. The summed E-state index contributed by atoms with van der Waals surface area (Å²) in [5.41, 5.74) is 3.01. The predicted octanol–water partition coefficient (Wildman–Crippen LogP) is 4.43. The minimum Gasteiger partial charge on any atom is -0.306 e. The second-order valence-corrected chi connectivity index (χ2v) is 8.93. The predicted molar refractivity (Wildman–Crippen MR) is 105 cm³/mol. The summed E-state index contributed by atoms with van der Waals surface area (Å²) in [6.07, 6.45) is 4.68. The Kier molecular flexibility index (Phi) is 4.26. The molecule has 0 aliphatic carbocycles. The van der Waals surface area contributed by atoms with Crippen LogP contribution >= 0.6 is 11.3 Å². The van der Waals surface area contributed by atoms with Gasteiger partial charge in [-0.05, 0) is 42.8 Å². The van der Waals surface area contributed by atoms with Crippen molar-refractivity contribution in [2.45, 2.75) is 17.6 Å². The van der Waals surface area contributed by atoms with E-state index in [9.17, 15) is 8.42 Å². The summed E-state index contributed by atoms with van der Waals surface area (Å²) in [4.78, 5) is 5.63. The average Bonchev–Trinajstić information content (AvgIpc) is 3.29. The van der Waals surface area contributed by atoms with E-state index in [1.54, 1.807) is 18.2 Å². The van der Waals surface area contributed by atoms with E-state index in [1.807, 2.05) is 60.1 Å². The van der Waals surface area contributed by atoms with Crippen LogP contribution in [0.5, 0.6) is 0 Å². The summed E-state index contributed by atoms with van der Waals surface area (Å²) in [5.74, 6) is 0. The Balaban J connectivity index is 1.65. The first-order chi connectivity index (χ1) is 12.5. The summed E-state index contributed by atoms with van der Waals surface area (Å²) in [6, 6.07) is 16.6. The third-order valence-corrected chi connectivity index (χ3v) is 7.13. The number of nitrogens with zero attached hydrogens (tertiary/aromatic N) is 2. The Hall–Kier alpha value is -2.64. The van der Waals surface area contributed by atoms with Crippen molar-refractivity contribution in [2.75, 3.05) is 4.72 Å². The fraction of sp³-hybridized carbons (Fsp3) is 0.105. The van der Waals surface area contributed by atoms with Crippen molar-refractivity contribution >= 4 is 32.7 Å². The number of aryl methyl sites for hydroxylation is 1. The Bertz CT molecular complexity index is 1140. The van der Waals surface area contributed by atoms with Gasteiger partial charge in [0.05, 0.1) is 5.69 Å². The number of sulfonamides is 1. The zero-order valence-electron chi connectivity index (χ0n) is 14.1. The number of hydrogen-bond donors (Lipinski definition) is 1. The quantitative estimate of drug-likeness (QED) is 0.555. The van der Waals surface area contributed by atoms with E-state index >= 15 is 0 Å². The van der Waals surface area contributed by atoms with Crippen molar-refractivity contribution in [2.24, 2.45) is 0 Å². The van der Waals surface area contributed by atoms with Crippen LogP contribution in [-0.2, 0) is 16.4 Å². The molecule has 3 aromatic heterocycles. The third-order valence-electron chi connectivity index (χ3n) is 4.02. The van der Waals surface area contributed by atoms with Crippen molar-refractivity contribution in [3.05, 3.63) is 71.9 Å². The van der Waals surface area contributed by atoms with Crippen LogP contribution in [0.3, 0.4) is 0 Å². The summed E-state index contributed by atoms with van der Waals surface area (Å²) in [7, 11) is -3.58. The van der Waals surface area contributed by atoms with E-state index in [-0.39, 0.29) is 0 Å². The van der Waals surface area contributed by atoms with E-state index in [2.05, 4.69) is 9.71 Å². The van der Waals surface area contributed by atoms with Gasteiger partial charge in [-0.3, -0.25) is 4.72 Å². The highest BCUT2D eigenvalue weighted by Crippen LogP contribution is 2.27. The zero-order valence-corrected chi connectivity index (χ0v) is 15.7. The van der Waals surface area contributed by atoms with Gasteiger partial charge in [-0.15, -0.1) is 11.3 Å². The third kappa shape index (κ3) is 3.23. The SMILES string of the molecule is CCc1ccc(S(=O)(=O)Nc2cccc(-c3cn4ccccc4n3)c2)s1. The number of fused-ring (bicyclic) bond motifs is 1. The molecular formula is C19H17N3O2S2. The molecule has 132 valence electrons. The fourth-order valence-electron chi connectivity index (χ4n) is 2.71. The minimum atomic E-state index is -3.58. The maximum atomic E-state index is 12.6. The second kappa shape index (κ2) is 6.59. The molecule has 4 rings (SSSR count). The van der Waals surface area contributed by atoms with E-state index in [0.29, 0.717) is 9.90 Å². The molecule has 0 bridgehead atoms. The summed E-state index contributed by atoms with van der Waals surface area (Å²) < 4.78 is 30.1. The summed E-state index contributed by atoms with van der Waals surface area (Å²) >= 11 is 1.30. The largest absolute Gasteiger partial charge is 0.306 e. The Labute approximate surface area is 156 Å². The molecule has 0 saturated heterocycles. The second-order valence-electron chi connectivity index (χ2n) is 5.85. The molecule has 1 aromatic carbocycles. The van der Waals surface area contributed by atoms with Gasteiger partial charge in [-0.2, -0.15) is 0 Å². The molecule has 26 heavy (non-hydrogen) atoms. The number of thiophene rings is 1. The van der Waals surface area contributed by atoms with E-state index in [4.69, 9.17) is 0 Å². The topological polar surface area (TPSA) is 63.5 Å². The van der Waals surface area contributed by atoms with Gasteiger partial charge >= 0.3 is 0 Å². The van der Waals surface area contributed by atoms with Gasteiger partial charge in [0.15, 0.2) is 0 Å². The molecule has 5 nitrogen and oxygen atoms in total. The van der Waals surface area contributed by atoms with Crippen LogP contribution in [0.4, 0.5) is 5.69 Å². The number of anilines is 1. The van der Waals surface area contributed by atoms with Crippen LogP contribution < -0.4 is 4.72 Å². The van der Waals surface area contributed by atoms with E-state index < -0.39 is 10.0 Å². The molecule has 0 radical (unpaired) electrons. The van der Waals surface area contributed by atoms with Crippen LogP contribution in [0.1, 0.15) is 11.8 Å². The smallest absolute Gasteiger partial charge is 0.271 e. The van der Waals surface area contributed by atoms with Gasteiger partial charge in [-0.1, -0.05) is 25.1 Å². The molecule has 0 saturated carbocycles. The van der Waals surface area contributed by atoms with Crippen molar-refractivity contribution in [3.8, 4) is 11.3 Å². The van der Waals surface area contributed by atoms with E-state index in [1.165, 1.54) is 11.3 Å². The van der Waals surface area contributed by atoms with Crippen molar-refractivity contribution in [1.82, 2.24) is 9.38 Å². The van der Waals surface area contributed by atoms with E-state index in [0.717, 1.165) is 28.2 Å². The maximum absolute atomic E-state index is 12.6. The molecule has 0 fully saturated rings. The number of nitrogens with one attached hydrogen (secondary N) is 1. The maximum Gasteiger partial charge on any atom is 0.271 e. The van der Waals surface area contributed by atoms with Gasteiger partial charge in [0.25, 0.3) is 10.0 Å². The first-order valence-electron chi connectivity index (χ1n) is 8.21. The lowest BCUT2D eigenvalue weighted by molar-refractivity contribution is 0.603. The lowest BCUT2D eigenvalue weighted by Gasteiger charge is -2.07. The van der Waals surface area contributed by atoms with Gasteiger partial charge in [0.1, 0.15) is 9.86 Å². The normalized spacial score (nSPS) is 11.7. The molecule has 0 atom stereocenters. The van der Waals surface area contributed by atoms with Crippen LogP contribution in [0, 0.1) is 0 Å². The monoisotopic (exact) mass is 383 g/mol. The molecule has 0 amide bonds. The van der Waals surface area contributed by atoms with Crippen LogP contribution in [-0.4, -0.2) is 17.8 Å². The van der Waals surface area contributed by atoms with Gasteiger partial charge in [-0.25, -0.2) is 13.4 Å². The van der Waals surface area contributed by atoms with Crippen LogP contribution in [0.2, 0.25) is 0 Å². The lowest BCUT2D eigenvalue weighted by Crippen LogP contribution is -2.11. The van der Waals surface area contributed by atoms with Crippen LogP contribution in [0.15, 0.2) is 71.2 Å². The molecular weight excluding hydrogens is 366 g/mol. The number of aromatic nitrogens is 2. The molecule has 4 aromatic rings. The Morgan fingerprint density at radius 2 is 2.00 bits per heavy atom. The lowest BCUT2D eigenvalue weighted by atomic mass is 10.1. The first-order valence-corrected chi connectivity index (χ1v) is 10.5. The highest BCUT2D eigenvalue weighted by molar-refractivity contribution is 7.94.